The third-order valence-corrected chi connectivity index (χ3v) is 9.85. The third-order valence-electron chi connectivity index (χ3n) is 9.85. The van der Waals surface area contributed by atoms with Crippen LogP contribution in [-0.2, 0) is 52.6 Å². The number of rotatable bonds is 23. The Morgan fingerprint density at radius 1 is 0.641 bits per heavy atom. The Morgan fingerprint density at radius 2 is 1.06 bits per heavy atom. The molecule has 8 N–H and O–H groups in total. The molecule has 3 heterocycles. The summed E-state index contributed by atoms with van der Waals surface area (Å²) in [7, 11) is 0. The minimum atomic E-state index is -1.06. The van der Waals surface area contributed by atoms with Crippen LogP contribution < -0.4 is 27.0 Å². The Kier molecular flexibility index (Phi) is 33.6. The number of nitrogens with one attached hydrogen (secondary N) is 4. The molecule has 6 unspecified atom stereocenters. The predicted octanol–water partition coefficient (Wildman–Crippen LogP) is 5.41. The second-order valence-electron chi connectivity index (χ2n) is 16.4. The Hall–Kier alpha value is -5.14. The molecule has 0 aromatic heterocycles. The second kappa shape index (κ2) is 35.2. The molecule has 20 nitrogen and oxygen atoms in total. The number of nitrogens with two attached hydrogens (primary N) is 1. The zero-order valence-electron chi connectivity index (χ0n) is 39.4. The summed E-state index contributed by atoms with van der Waals surface area (Å²) < 4.78 is 13.0. The highest BCUT2D eigenvalue weighted by atomic mass is 16.6. The lowest BCUT2D eigenvalue weighted by Gasteiger charge is -2.25. The van der Waals surface area contributed by atoms with Gasteiger partial charge in [-0.1, -0.05) is 132 Å². The summed E-state index contributed by atoms with van der Waals surface area (Å²) in [5.41, 5.74) is 5.90. The van der Waals surface area contributed by atoms with Crippen molar-refractivity contribution in [2.24, 2.45) is 23.5 Å². The molecule has 20 heteroatoms. The molecule has 0 aliphatic carbocycles. The molecule has 3 fully saturated rings. The maximum Gasteiger partial charge on any atom is 0.415 e. The average molecular weight is 916 g/mol. The van der Waals surface area contributed by atoms with E-state index in [0.29, 0.717) is 25.7 Å². The van der Waals surface area contributed by atoms with Crippen molar-refractivity contribution >= 4 is 59.8 Å². The van der Waals surface area contributed by atoms with Gasteiger partial charge in [0.25, 0.3) is 5.97 Å². The van der Waals surface area contributed by atoms with Gasteiger partial charge in [0, 0.05) is 6.92 Å². The van der Waals surface area contributed by atoms with Gasteiger partial charge in [-0.3, -0.25) is 24.0 Å². The number of carbonyl (C=O) groups is 10. The zero-order valence-corrected chi connectivity index (χ0v) is 39.4. The standard InChI is InChI=1S/C19H37N3O4.2C8H13NO3.C7H10O3.C2H4O2/c1-5-7-9-11-14(20)17(23)22-16(13(3)4)18(24)21-15(19(25)26)12-10-8-6-2;2*1-2-3-4-5-6-7(10)12-8(11)9-6;1-4(2)5-3-6(8)10-7(5)9;1-2(3)4/h13-16H,5-12,20H2,1-4H3,(H,21,24)(H,22,23)(H,25,26);2*6H,2-5H2,1H3,(H,9,11);4-5H,3H2,1-2H3;1H3,(H,3,4). The van der Waals surface area contributed by atoms with E-state index >= 15 is 0 Å². The highest BCUT2D eigenvalue weighted by Gasteiger charge is 2.36. The van der Waals surface area contributed by atoms with E-state index in [2.05, 4.69) is 56.2 Å². The van der Waals surface area contributed by atoms with Crippen LogP contribution in [0.3, 0.4) is 0 Å². The zero-order chi connectivity index (χ0) is 49.4. The largest absolute Gasteiger partial charge is 0.481 e. The van der Waals surface area contributed by atoms with Gasteiger partial charge in [0.05, 0.1) is 18.4 Å². The first kappa shape index (κ1) is 60.9. The molecule has 0 radical (unpaired) electrons. The number of hydrogen-bond donors (Lipinski definition) is 7. The summed E-state index contributed by atoms with van der Waals surface area (Å²) in [5, 5.41) is 26.9. The molecule has 3 aliphatic rings. The van der Waals surface area contributed by atoms with Crippen molar-refractivity contribution in [3.63, 3.8) is 0 Å². The molecule has 3 rings (SSSR count). The van der Waals surface area contributed by atoms with E-state index in [1.807, 2.05) is 20.8 Å². The maximum atomic E-state index is 12.5. The third kappa shape index (κ3) is 28.5. The quantitative estimate of drug-likeness (QED) is 0.0292. The van der Waals surface area contributed by atoms with Gasteiger partial charge >= 0.3 is 42.0 Å². The topological polar surface area (TPSA) is 313 Å². The summed E-state index contributed by atoms with van der Waals surface area (Å²) >= 11 is 0. The highest BCUT2D eigenvalue weighted by molar-refractivity contribution is 5.96. The fourth-order valence-corrected chi connectivity index (χ4v) is 6.02. The Labute approximate surface area is 378 Å². The van der Waals surface area contributed by atoms with Crippen molar-refractivity contribution in [1.29, 1.82) is 0 Å². The fraction of sp³-hybridized carbons (Fsp3) is 0.773. The van der Waals surface area contributed by atoms with Crippen molar-refractivity contribution in [3.8, 4) is 0 Å². The van der Waals surface area contributed by atoms with Crippen LogP contribution in [0, 0.1) is 17.8 Å². The van der Waals surface area contributed by atoms with Crippen LogP contribution in [0.1, 0.15) is 171 Å². The smallest absolute Gasteiger partial charge is 0.415 e. The van der Waals surface area contributed by atoms with Gasteiger partial charge in [-0.15, -0.1) is 0 Å². The normalized spacial score (nSPS) is 18.7. The number of hydrogen-bond acceptors (Lipinski definition) is 14. The Balaban J connectivity index is 0. The van der Waals surface area contributed by atoms with Crippen molar-refractivity contribution in [2.45, 2.75) is 202 Å². The van der Waals surface area contributed by atoms with Gasteiger partial charge in [0.2, 0.25) is 11.8 Å². The number of carboxylic acids is 2. The van der Waals surface area contributed by atoms with Crippen molar-refractivity contribution < 1.29 is 72.4 Å². The molecule has 0 aromatic rings. The minimum absolute atomic E-state index is 0.174. The Morgan fingerprint density at radius 3 is 1.38 bits per heavy atom. The highest BCUT2D eigenvalue weighted by Crippen LogP contribution is 2.23. The Bertz CT molecular complexity index is 1440. The molecule has 0 saturated carbocycles. The van der Waals surface area contributed by atoms with Crippen molar-refractivity contribution in [2.75, 3.05) is 0 Å². The van der Waals surface area contributed by atoms with Crippen LogP contribution >= 0.6 is 0 Å². The van der Waals surface area contributed by atoms with Gasteiger partial charge in [0.15, 0.2) is 0 Å². The average Bonchev–Trinajstić information content (AvgIpc) is 3.85. The number of esters is 4. The lowest BCUT2D eigenvalue weighted by atomic mass is 9.95. The first-order valence-corrected chi connectivity index (χ1v) is 22.6. The molecular weight excluding hydrogens is 839 g/mol. The summed E-state index contributed by atoms with van der Waals surface area (Å²) in [4.78, 5) is 109. The molecule has 64 heavy (non-hydrogen) atoms. The van der Waals surface area contributed by atoms with Gasteiger partial charge in [-0.05, 0) is 37.5 Å². The maximum absolute atomic E-state index is 12.5. The van der Waals surface area contributed by atoms with Gasteiger partial charge in [-0.25, -0.2) is 24.0 Å². The predicted molar refractivity (Wildman–Crippen MR) is 235 cm³/mol. The summed E-state index contributed by atoms with van der Waals surface area (Å²) in [6.45, 7) is 16.8. The lowest BCUT2D eigenvalue weighted by Crippen LogP contribution is -2.56. The van der Waals surface area contributed by atoms with Crippen LogP contribution in [0.4, 0.5) is 9.59 Å². The fourth-order valence-electron chi connectivity index (χ4n) is 6.02. The van der Waals surface area contributed by atoms with E-state index in [4.69, 9.17) is 15.6 Å². The first-order chi connectivity index (χ1) is 30.1. The van der Waals surface area contributed by atoms with E-state index in [9.17, 15) is 48.3 Å². The monoisotopic (exact) mass is 916 g/mol. The summed E-state index contributed by atoms with van der Waals surface area (Å²) in [6.07, 6.45) is 13.2. The molecule has 0 bridgehead atoms. The van der Waals surface area contributed by atoms with Crippen LogP contribution in [0.15, 0.2) is 0 Å². The number of amides is 4. The second-order valence-corrected chi connectivity index (χ2v) is 16.4. The number of cyclic esters (lactones) is 6. The van der Waals surface area contributed by atoms with Crippen LogP contribution in [0.25, 0.3) is 0 Å². The van der Waals surface area contributed by atoms with Crippen LogP contribution in [0.2, 0.25) is 0 Å². The van der Waals surface area contributed by atoms with Crippen LogP contribution in [-0.4, -0.2) is 100 Å². The summed E-state index contributed by atoms with van der Waals surface area (Å²) in [5.74, 6) is -4.51. The number of aliphatic carboxylic acids is 2. The number of alkyl carbamates (subject to hydrolysis) is 2. The van der Waals surface area contributed by atoms with E-state index in [0.717, 1.165) is 84.0 Å². The number of ether oxygens (including phenoxy) is 3. The molecule has 3 aliphatic heterocycles. The van der Waals surface area contributed by atoms with Crippen LogP contribution in [0.5, 0.6) is 0 Å². The minimum Gasteiger partial charge on any atom is -0.481 e. The molecule has 6 atom stereocenters. The van der Waals surface area contributed by atoms with E-state index in [-0.39, 0.29) is 42.0 Å². The molecular formula is C44H77N5O15. The van der Waals surface area contributed by atoms with Gasteiger partial charge in [-0.2, -0.15) is 0 Å². The molecule has 4 amide bonds. The molecule has 0 aromatic carbocycles. The lowest BCUT2D eigenvalue weighted by molar-refractivity contribution is -0.153. The molecule has 3 saturated heterocycles. The van der Waals surface area contributed by atoms with E-state index in [1.165, 1.54) is 0 Å². The van der Waals surface area contributed by atoms with Crippen molar-refractivity contribution in [3.05, 3.63) is 0 Å². The van der Waals surface area contributed by atoms with Gasteiger partial charge in [0.1, 0.15) is 24.2 Å². The van der Waals surface area contributed by atoms with E-state index < -0.39 is 72.2 Å². The molecule has 0 spiro atoms. The van der Waals surface area contributed by atoms with Crippen molar-refractivity contribution in [1.82, 2.24) is 21.3 Å². The first-order valence-electron chi connectivity index (χ1n) is 22.6. The number of unbranched alkanes of at least 4 members (excludes halogenated alkanes) is 8. The number of carboxylic acid groups (broad SMARTS) is 2. The molecule has 368 valence electrons. The van der Waals surface area contributed by atoms with E-state index in [1.54, 1.807) is 13.8 Å². The van der Waals surface area contributed by atoms with Gasteiger partial charge < -0.3 is 51.4 Å². The number of carbonyl (C=O) groups excluding carboxylic acids is 8. The summed E-state index contributed by atoms with van der Waals surface area (Å²) in [6, 6.07) is -3.19. The SMILES string of the molecule is CC(=O)O.CC(C)C1CC(=O)OC1=O.CCCCCC(N)C(=O)NC(C(=O)NC(CCCCC)C(=O)O)C(C)C.CCCCCC1NC(=O)OC1=O.CCCCCC1NC(=O)OC1=O.